The van der Waals surface area contributed by atoms with E-state index in [1.54, 1.807) is 0 Å². The lowest BCUT2D eigenvalue weighted by Crippen LogP contribution is -2.39. The van der Waals surface area contributed by atoms with Crippen molar-refractivity contribution >= 4 is 22.9 Å². The van der Waals surface area contributed by atoms with E-state index in [1.165, 1.54) is 6.33 Å². The van der Waals surface area contributed by atoms with Gasteiger partial charge in [0.1, 0.15) is 24.6 Å². The quantitative estimate of drug-likeness (QED) is 0.715. The Morgan fingerprint density at radius 1 is 1.21 bits per heavy atom. The highest BCUT2D eigenvalue weighted by Gasteiger charge is 2.56. The smallest absolute Gasteiger partial charge is 0.210 e. The molecule has 0 amide bonds. The summed E-state index contributed by atoms with van der Waals surface area (Å²) in [4.78, 5) is 15.3. The fourth-order valence-corrected chi connectivity index (χ4v) is 4.15. The minimum absolute atomic E-state index is 0.173. The second kappa shape index (κ2) is 6.49. The van der Waals surface area contributed by atoms with Crippen LogP contribution >= 0.6 is 0 Å². The zero-order valence-electron chi connectivity index (χ0n) is 15.8. The molecule has 0 radical (unpaired) electrons. The number of aromatic nitrogens is 4. The molecule has 3 aliphatic heterocycles. The van der Waals surface area contributed by atoms with Crippen LogP contribution in [0.5, 0.6) is 0 Å². The van der Waals surface area contributed by atoms with Gasteiger partial charge in [-0.1, -0.05) is 0 Å². The number of aliphatic hydroxyl groups is 1. The van der Waals surface area contributed by atoms with Gasteiger partial charge < -0.3 is 34.7 Å². The second-order valence-corrected chi connectivity index (χ2v) is 7.62. The molecule has 0 spiro atoms. The Morgan fingerprint density at radius 3 is 2.71 bits per heavy atom. The van der Waals surface area contributed by atoms with E-state index in [0.717, 1.165) is 0 Å². The van der Waals surface area contributed by atoms with Gasteiger partial charge in [-0.25, -0.2) is 15.0 Å². The summed E-state index contributed by atoms with van der Waals surface area (Å²) in [5.41, 5.74) is 7.13. The summed E-state index contributed by atoms with van der Waals surface area (Å²) in [6.45, 7) is 6.11. The molecule has 3 aliphatic rings. The third-order valence-electron chi connectivity index (χ3n) is 5.34. The molecule has 11 nitrogen and oxygen atoms in total. The molecule has 3 N–H and O–H groups in total. The summed E-state index contributed by atoms with van der Waals surface area (Å²) in [7, 11) is 0. The summed E-state index contributed by atoms with van der Waals surface area (Å²) in [5, 5.41) is 9.82. The Balaban J connectivity index is 1.64. The van der Waals surface area contributed by atoms with Crippen LogP contribution in [0.25, 0.3) is 11.2 Å². The summed E-state index contributed by atoms with van der Waals surface area (Å²) < 4.78 is 25.7. The first-order valence-corrected chi connectivity index (χ1v) is 9.41. The minimum atomic E-state index is -0.770. The van der Waals surface area contributed by atoms with E-state index < -0.39 is 24.2 Å². The van der Waals surface area contributed by atoms with Crippen LogP contribution in [0.1, 0.15) is 20.1 Å². The molecule has 2 aromatic rings. The predicted octanol–water partition coefficient (Wildman–Crippen LogP) is -0.345. The molecule has 11 heteroatoms. The number of rotatable bonds is 3. The van der Waals surface area contributed by atoms with Gasteiger partial charge in [0.25, 0.3) is 0 Å². The van der Waals surface area contributed by atoms with Crippen LogP contribution in [0.4, 0.5) is 11.8 Å². The SMILES string of the molecule is CC1(C)OC2[C@H](CO)O[C@H](n3c(N4CCOCC4)nc4c(N)ncnc43)[C@@H]2O1. The first-order valence-electron chi connectivity index (χ1n) is 9.41. The van der Waals surface area contributed by atoms with Crippen molar-refractivity contribution in [1.82, 2.24) is 19.5 Å². The fraction of sp³-hybridized carbons (Fsp3) is 0.706. The fourth-order valence-electron chi connectivity index (χ4n) is 4.15. The number of morpholine rings is 1. The van der Waals surface area contributed by atoms with E-state index in [9.17, 15) is 5.11 Å². The highest BCUT2D eigenvalue weighted by Crippen LogP contribution is 2.45. The van der Waals surface area contributed by atoms with Gasteiger partial charge in [0.15, 0.2) is 29.0 Å². The standard InChI is InChI=1S/C17H24N6O5/c1-17(2)27-11-9(7-24)26-15(12(11)28-17)23-14-10(13(18)19-8-20-14)21-16(23)22-3-5-25-6-4-22/h8-9,11-12,15,24H,3-7H2,1-2H3,(H2,18,19,20)/t9-,11?,12+,15-/m0/s1. The van der Waals surface area contributed by atoms with Crippen LogP contribution < -0.4 is 10.6 Å². The van der Waals surface area contributed by atoms with Crippen LogP contribution in [-0.4, -0.2) is 81.6 Å². The molecule has 28 heavy (non-hydrogen) atoms. The number of ether oxygens (including phenoxy) is 4. The Hall–Kier alpha value is -2.05. The molecule has 4 atom stereocenters. The Morgan fingerprint density at radius 2 is 1.96 bits per heavy atom. The van der Waals surface area contributed by atoms with Gasteiger partial charge in [-0.15, -0.1) is 0 Å². The summed E-state index contributed by atoms with van der Waals surface area (Å²) >= 11 is 0. The third kappa shape index (κ3) is 2.73. The topological polar surface area (TPSA) is 130 Å². The van der Waals surface area contributed by atoms with Crippen molar-refractivity contribution in [2.45, 2.75) is 44.2 Å². The lowest BCUT2D eigenvalue weighted by molar-refractivity contribution is -0.199. The molecule has 3 saturated heterocycles. The Labute approximate surface area is 161 Å². The van der Waals surface area contributed by atoms with Crippen molar-refractivity contribution in [1.29, 1.82) is 0 Å². The van der Waals surface area contributed by atoms with Gasteiger partial charge in [0.05, 0.1) is 19.8 Å². The summed E-state index contributed by atoms with van der Waals surface area (Å²) in [5.74, 6) is 0.200. The molecule has 0 aliphatic carbocycles. The maximum absolute atomic E-state index is 9.82. The van der Waals surface area contributed by atoms with Crippen molar-refractivity contribution in [2.75, 3.05) is 43.5 Å². The van der Waals surface area contributed by atoms with E-state index in [-0.39, 0.29) is 12.7 Å². The number of aliphatic hydroxyl groups excluding tert-OH is 1. The van der Waals surface area contributed by atoms with Gasteiger partial charge in [-0.2, -0.15) is 0 Å². The van der Waals surface area contributed by atoms with Crippen LogP contribution in [0.2, 0.25) is 0 Å². The van der Waals surface area contributed by atoms with Gasteiger partial charge in [-0.05, 0) is 13.8 Å². The number of hydrogen-bond acceptors (Lipinski definition) is 10. The maximum atomic E-state index is 9.82. The first kappa shape index (κ1) is 18.0. The van der Waals surface area contributed by atoms with Crippen LogP contribution in [0, 0.1) is 0 Å². The van der Waals surface area contributed by atoms with Gasteiger partial charge in [0.2, 0.25) is 5.95 Å². The number of hydrogen-bond donors (Lipinski definition) is 2. The van der Waals surface area contributed by atoms with E-state index in [4.69, 9.17) is 29.7 Å². The van der Waals surface area contributed by atoms with Crippen molar-refractivity contribution in [3.8, 4) is 0 Å². The molecular formula is C17H24N6O5. The molecule has 5 rings (SSSR count). The average Bonchev–Trinajstić information content (AvgIpc) is 3.31. The maximum Gasteiger partial charge on any atom is 0.210 e. The first-order chi connectivity index (χ1) is 13.5. The molecule has 152 valence electrons. The largest absolute Gasteiger partial charge is 0.394 e. The van der Waals surface area contributed by atoms with Crippen LogP contribution in [0.15, 0.2) is 6.33 Å². The number of nitrogens with zero attached hydrogens (tertiary/aromatic N) is 5. The normalized spacial score (nSPS) is 32.2. The highest BCUT2D eigenvalue weighted by molar-refractivity contribution is 5.84. The lowest BCUT2D eigenvalue weighted by atomic mass is 10.1. The third-order valence-corrected chi connectivity index (χ3v) is 5.34. The van der Waals surface area contributed by atoms with Crippen molar-refractivity contribution < 1.29 is 24.1 Å². The second-order valence-electron chi connectivity index (χ2n) is 7.62. The minimum Gasteiger partial charge on any atom is -0.394 e. The number of fused-ring (bicyclic) bond motifs is 2. The van der Waals surface area contributed by atoms with Gasteiger partial charge in [-0.3, -0.25) is 4.57 Å². The van der Waals surface area contributed by atoms with E-state index in [0.29, 0.717) is 49.2 Å². The monoisotopic (exact) mass is 392 g/mol. The van der Waals surface area contributed by atoms with Gasteiger partial charge in [0, 0.05) is 13.1 Å². The Bertz CT molecular complexity index is 882. The molecule has 0 aromatic carbocycles. The zero-order chi connectivity index (χ0) is 19.5. The van der Waals surface area contributed by atoms with Crippen molar-refractivity contribution in [2.24, 2.45) is 0 Å². The van der Waals surface area contributed by atoms with Crippen molar-refractivity contribution in [3.63, 3.8) is 0 Å². The van der Waals surface area contributed by atoms with Gasteiger partial charge >= 0.3 is 0 Å². The van der Waals surface area contributed by atoms with E-state index in [2.05, 4.69) is 14.9 Å². The van der Waals surface area contributed by atoms with E-state index in [1.807, 2.05) is 18.4 Å². The molecule has 0 bridgehead atoms. The molecule has 3 fully saturated rings. The molecule has 1 unspecified atom stereocenters. The Kier molecular flexibility index (Phi) is 4.18. The van der Waals surface area contributed by atoms with E-state index >= 15 is 0 Å². The molecular weight excluding hydrogens is 368 g/mol. The zero-order valence-corrected chi connectivity index (χ0v) is 15.8. The van der Waals surface area contributed by atoms with Crippen LogP contribution in [-0.2, 0) is 18.9 Å². The summed E-state index contributed by atoms with van der Waals surface area (Å²) in [6.07, 6.45) is -0.475. The lowest BCUT2D eigenvalue weighted by Gasteiger charge is -2.31. The number of nitrogen functional groups attached to an aromatic ring is 1. The summed E-state index contributed by atoms with van der Waals surface area (Å²) in [6, 6.07) is 0. The molecule has 0 saturated carbocycles. The number of imidazole rings is 1. The predicted molar refractivity (Wildman–Crippen MR) is 97.6 cm³/mol. The highest BCUT2D eigenvalue weighted by atomic mass is 16.8. The van der Waals surface area contributed by atoms with Crippen LogP contribution in [0.3, 0.4) is 0 Å². The average molecular weight is 392 g/mol. The number of nitrogens with two attached hydrogens (primary N) is 1. The molecule has 2 aromatic heterocycles. The number of anilines is 2. The molecule has 5 heterocycles. The van der Waals surface area contributed by atoms with Crippen molar-refractivity contribution in [3.05, 3.63) is 6.33 Å².